The Kier molecular flexibility index (Phi) is 8.04. The average molecular weight is 482 g/mol. The second-order valence-electron chi connectivity index (χ2n) is 7.35. The highest BCUT2D eigenvalue weighted by Crippen LogP contribution is 2.40. The van der Waals surface area contributed by atoms with Crippen LogP contribution >= 0.6 is 0 Å². The van der Waals surface area contributed by atoms with Crippen LogP contribution in [0.2, 0.25) is 0 Å². The van der Waals surface area contributed by atoms with Crippen LogP contribution in [0, 0.1) is 0 Å². The van der Waals surface area contributed by atoms with Crippen molar-refractivity contribution in [1.29, 1.82) is 0 Å². The minimum absolute atomic E-state index is 0.193. The van der Waals surface area contributed by atoms with E-state index in [0.29, 0.717) is 52.1 Å². The molecule has 2 N–H and O–H groups in total. The number of carbonyl (C=O) groups is 2. The number of methoxy groups -OCH3 is 5. The molecule has 0 heterocycles. The van der Waals surface area contributed by atoms with Crippen LogP contribution in [0.15, 0.2) is 48.5 Å². The Labute approximate surface area is 203 Å². The van der Waals surface area contributed by atoms with Crippen LogP contribution in [0.25, 0.3) is 0 Å². The van der Waals surface area contributed by atoms with Gasteiger partial charge in [0.05, 0.1) is 41.1 Å². The highest BCUT2D eigenvalue weighted by atomic mass is 16.5. The van der Waals surface area contributed by atoms with Crippen LogP contribution in [0.5, 0.6) is 28.7 Å². The summed E-state index contributed by atoms with van der Waals surface area (Å²) in [5.41, 5.74) is 2.18. The van der Waals surface area contributed by atoms with Crippen molar-refractivity contribution in [1.82, 2.24) is 0 Å². The molecule has 0 fully saturated rings. The van der Waals surface area contributed by atoms with Gasteiger partial charge < -0.3 is 34.1 Å². The summed E-state index contributed by atoms with van der Waals surface area (Å²) in [5, 5.41) is 12.3. The molecular weight excluding hydrogens is 454 g/mol. The van der Waals surface area contributed by atoms with Crippen LogP contribution in [0.3, 0.4) is 0 Å². The smallest absolute Gasteiger partial charge is 0.335 e. The van der Waals surface area contributed by atoms with E-state index in [4.69, 9.17) is 28.8 Å². The molecule has 3 rings (SSSR count). The van der Waals surface area contributed by atoms with E-state index in [-0.39, 0.29) is 11.3 Å². The molecule has 3 aromatic carbocycles. The van der Waals surface area contributed by atoms with E-state index < -0.39 is 5.97 Å². The highest BCUT2D eigenvalue weighted by Gasteiger charge is 2.22. The summed E-state index contributed by atoms with van der Waals surface area (Å²) < 4.78 is 27.0. The van der Waals surface area contributed by atoms with E-state index in [9.17, 15) is 9.59 Å². The SMILES string of the molecule is COc1cc(NCc2ccc(C(=O)O)cc2)c(C(=O)c2cc(OC)c(OC)c(OC)c2)cc1OC. The first-order chi connectivity index (χ1) is 16.9. The second-order valence-corrected chi connectivity index (χ2v) is 7.35. The lowest BCUT2D eigenvalue weighted by atomic mass is 9.99. The van der Waals surface area contributed by atoms with E-state index in [0.717, 1.165) is 5.56 Å². The highest BCUT2D eigenvalue weighted by molar-refractivity contribution is 6.13. The molecule has 0 radical (unpaired) electrons. The molecule has 35 heavy (non-hydrogen) atoms. The Balaban J connectivity index is 2.03. The molecule has 0 spiro atoms. The summed E-state index contributed by atoms with van der Waals surface area (Å²) in [5.74, 6) is 0.600. The van der Waals surface area contributed by atoms with Crippen molar-refractivity contribution in [2.24, 2.45) is 0 Å². The average Bonchev–Trinajstić information content (AvgIpc) is 2.90. The Morgan fingerprint density at radius 2 is 1.26 bits per heavy atom. The molecule has 9 nitrogen and oxygen atoms in total. The topological polar surface area (TPSA) is 113 Å². The van der Waals surface area contributed by atoms with Crippen molar-refractivity contribution in [2.45, 2.75) is 6.54 Å². The van der Waals surface area contributed by atoms with Gasteiger partial charge in [-0.05, 0) is 35.9 Å². The minimum Gasteiger partial charge on any atom is -0.493 e. The van der Waals surface area contributed by atoms with Gasteiger partial charge in [0.15, 0.2) is 28.8 Å². The van der Waals surface area contributed by atoms with E-state index in [1.807, 2.05) is 0 Å². The zero-order valence-corrected chi connectivity index (χ0v) is 20.1. The normalized spacial score (nSPS) is 10.3. The molecule has 0 unspecified atom stereocenters. The van der Waals surface area contributed by atoms with Crippen LogP contribution in [0.1, 0.15) is 31.8 Å². The molecule has 0 saturated heterocycles. The number of hydrogen-bond acceptors (Lipinski definition) is 8. The summed E-state index contributed by atoms with van der Waals surface area (Å²) in [6, 6.07) is 12.9. The lowest BCUT2D eigenvalue weighted by Gasteiger charge is -2.17. The predicted octanol–water partition coefficient (Wildman–Crippen LogP) is 4.27. The molecule has 0 saturated carbocycles. The fraction of sp³-hybridized carbons (Fsp3) is 0.231. The van der Waals surface area contributed by atoms with E-state index >= 15 is 0 Å². The standard InChI is InChI=1S/C26H27NO8/c1-31-20-12-18(24(28)17-10-22(33-3)25(35-5)23(11-17)34-4)19(13-21(20)32-2)27-14-15-6-8-16(9-7-15)26(29)30/h6-13,27H,14H2,1-5H3,(H,29,30). The van der Waals surface area contributed by atoms with Crippen LogP contribution in [-0.4, -0.2) is 52.4 Å². The quantitative estimate of drug-likeness (QED) is 0.388. The lowest BCUT2D eigenvalue weighted by Crippen LogP contribution is -2.10. The van der Waals surface area contributed by atoms with Gasteiger partial charge in [-0.2, -0.15) is 0 Å². The number of carbonyl (C=O) groups excluding carboxylic acids is 1. The maximum Gasteiger partial charge on any atom is 0.335 e. The van der Waals surface area contributed by atoms with Gasteiger partial charge in [-0.15, -0.1) is 0 Å². The molecule has 0 amide bonds. The summed E-state index contributed by atoms with van der Waals surface area (Å²) >= 11 is 0. The van der Waals surface area contributed by atoms with Crippen LogP contribution in [-0.2, 0) is 6.54 Å². The van der Waals surface area contributed by atoms with E-state index in [1.54, 1.807) is 36.4 Å². The van der Waals surface area contributed by atoms with Crippen molar-refractivity contribution in [3.8, 4) is 28.7 Å². The molecule has 0 aliphatic rings. The Morgan fingerprint density at radius 3 is 1.74 bits per heavy atom. The summed E-state index contributed by atoms with van der Waals surface area (Å²) in [4.78, 5) is 24.8. The molecule has 184 valence electrons. The predicted molar refractivity (Wildman–Crippen MR) is 130 cm³/mol. The number of benzene rings is 3. The third-order valence-electron chi connectivity index (χ3n) is 5.38. The zero-order valence-electron chi connectivity index (χ0n) is 20.1. The van der Waals surface area contributed by atoms with Gasteiger partial charge in [-0.3, -0.25) is 4.79 Å². The maximum absolute atomic E-state index is 13.6. The van der Waals surface area contributed by atoms with Crippen molar-refractivity contribution in [3.63, 3.8) is 0 Å². The number of rotatable bonds is 11. The molecule has 0 bridgehead atoms. The molecule has 0 atom stereocenters. The number of nitrogens with one attached hydrogen (secondary N) is 1. The Morgan fingerprint density at radius 1 is 0.714 bits per heavy atom. The molecule has 9 heteroatoms. The third-order valence-corrected chi connectivity index (χ3v) is 5.38. The van der Waals surface area contributed by atoms with Gasteiger partial charge in [0.1, 0.15) is 0 Å². The van der Waals surface area contributed by atoms with Gasteiger partial charge in [-0.25, -0.2) is 4.79 Å². The Bertz CT molecular complexity index is 1200. The molecular formula is C26H27NO8. The van der Waals surface area contributed by atoms with Gasteiger partial charge >= 0.3 is 5.97 Å². The van der Waals surface area contributed by atoms with Gasteiger partial charge in [0, 0.05) is 29.4 Å². The van der Waals surface area contributed by atoms with Gasteiger partial charge in [0.25, 0.3) is 0 Å². The lowest BCUT2D eigenvalue weighted by molar-refractivity contribution is 0.0696. The van der Waals surface area contributed by atoms with E-state index in [1.165, 1.54) is 47.7 Å². The number of aromatic carboxylic acids is 1. The van der Waals surface area contributed by atoms with Crippen molar-refractivity contribution < 1.29 is 38.4 Å². The molecule has 3 aromatic rings. The van der Waals surface area contributed by atoms with Crippen molar-refractivity contribution >= 4 is 17.4 Å². The zero-order chi connectivity index (χ0) is 25.5. The van der Waals surface area contributed by atoms with Crippen molar-refractivity contribution in [3.05, 3.63) is 70.8 Å². The third kappa shape index (κ3) is 5.40. The fourth-order valence-corrected chi connectivity index (χ4v) is 3.54. The van der Waals surface area contributed by atoms with Gasteiger partial charge in [0.2, 0.25) is 5.75 Å². The number of carboxylic acids is 1. The van der Waals surface area contributed by atoms with Crippen molar-refractivity contribution in [2.75, 3.05) is 40.9 Å². The maximum atomic E-state index is 13.6. The number of ketones is 1. The number of ether oxygens (including phenoxy) is 5. The first-order valence-corrected chi connectivity index (χ1v) is 10.5. The summed E-state index contributed by atoms with van der Waals surface area (Å²) in [6.45, 7) is 0.338. The molecule has 0 aliphatic carbocycles. The van der Waals surface area contributed by atoms with E-state index in [2.05, 4.69) is 5.32 Å². The number of carboxylic acid groups (broad SMARTS) is 1. The monoisotopic (exact) mass is 481 g/mol. The van der Waals surface area contributed by atoms with Gasteiger partial charge in [-0.1, -0.05) is 12.1 Å². The summed E-state index contributed by atoms with van der Waals surface area (Å²) in [7, 11) is 7.44. The first kappa shape index (κ1) is 25.2. The minimum atomic E-state index is -0.998. The number of anilines is 1. The van der Waals surface area contributed by atoms with Crippen LogP contribution in [0.4, 0.5) is 5.69 Å². The first-order valence-electron chi connectivity index (χ1n) is 10.5. The largest absolute Gasteiger partial charge is 0.493 e. The number of hydrogen-bond donors (Lipinski definition) is 2. The summed E-state index contributed by atoms with van der Waals surface area (Å²) in [6.07, 6.45) is 0. The fourth-order valence-electron chi connectivity index (χ4n) is 3.54. The Hall–Kier alpha value is -4.40. The molecule has 0 aromatic heterocycles. The second kappa shape index (κ2) is 11.1. The molecule has 0 aliphatic heterocycles. The van der Waals surface area contributed by atoms with Crippen LogP contribution < -0.4 is 29.0 Å².